The van der Waals surface area contributed by atoms with E-state index in [-0.39, 0.29) is 0 Å². The van der Waals surface area contributed by atoms with Crippen LogP contribution in [0.5, 0.6) is 0 Å². The fraction of sp³-hybridized carbons (Fsp3) is 0.750. The molecule has 0 rings (SSSR count). The zero-order valence-corrected chi connectivity index (χ0v) is 18.3. The molecule has 0 heterocycles. The summed E-state index contributed by atoms with van der Waals surface area (Å²) < 4.78 is 49.1. The van der Waals surface area contributed by atoms with Crippen molar-refractivity contribution in [2.24, 2.45) is 5.92 Å². The lowest BCUT2D eigenvalue weighted by Gasteiger charge is -2.37. The van der Waals surface area contributed by atoms with Crippen molar-refractivity contribution in [1.82, 2.24) is 0 Å². The molecule has 0 radical (unpaired) electrons. The highest BCUT2D eigenvalue weighted by Gasteiger charge is 2.47. The van der Waals surface area contributed by atoms with Gasteiger partial charge in [-0.05, 0) is 0 Å². The third-order valence-corrected chi connectivity index (χ3v) is 4.11. The van der Waals surface area contributed by atoms with Crippen LogP contribution >= 0.6 is 7.82 Å². The topological polar surface area (TPSA) is 192 Å². The van der Waals surface area contributed by atoms with Gasteiger partial charge in [0.2, 0.25) is 6.29 Å². The van der Waals surface area contributed by atoms with E-state index in [2.05, 4.69) is 9.26 Å². The Labute approximate surface area is 177 Å². The second-order valence-electron chi connectivity index (χ2n) is 6.39. The second kappa shape index (κ2) is 12.7. The van der Waals surface area contributed by atoms with Crippen LogP contribution in [0.4, 0.5) is 4.39 Å². The van der Waals surface area contributed by atoms with Crippen LogP contribution in [0.3, 0.4) is 0 Å². The standard InChI is InChI=1S/C16H26FO13P/c1-7(12(17)6-26-8(2)18)13(27-9(3)19)14(28-10(4)20)15(29-11(5)21)16(22)30-31(23,24)25/h7,12-16,22H,6H2,1-5H3,(H2,23,24,25)/t7?,12-,13?,14?,15?,16?/m0/s1. The third-order valence-electron chi connectivity index (χ3n) is 3.61. The summed E-state index contributed by atoms with van der Waals surface area (Å²) in [6.45, 7) is 4.07. The molecular formula is C16H26FO13P. The summed E-state index contributed by atoms with van der Waals surface area (Å²) in [5.41, 5.74) is 0. The van der Waals surface area contributed by atoms with Crippen molar-refractivity contribution < 1.29 is 66.5 Å². The zero-order valence-electron chi connectivity index (χ0n) is 17.4. The highest BCUT2D eigenvalue weighted by atomic mass is 31.2. The minimum absolute atomic E-state index is 0.777. The van der Waals surface area contributed by atoms with Gasteiger partial charge in [0.25, 0.3) is 0 Å². The number of hydrogen-bond donors (Lipinski definition) is 3. The largest absolute Gasteiger partial charge is 0.472 e. The molecule has 0 aromatic heterocycles. The lowest BCUT2D eigenvalue weighted by molar-refractivity contribution is -0.219. The molecule has 5 unspecified atom stereocenters. The number of carbonyl (C=O) groups is 4. The van der Waals surface area contributed by atoms with Gasteiger partial charge in [0.15, 0.2) is 12.2 Å². The van der Waals surface area contributed by atoms with Gasteiger partial charge in [0.05, 0.1) is 0 Å². The number of phosphoric ester groups is 1. The average molecular weight is 476 g/mol. The maximum atomic E-state index is 14.6. The molecule has 0 aromatic rings. The molecule has 0 aliphatic heterocycles. The fourth-order valence-corrected chi connectivity index (χ4v) is 2.81. The quantitative estimate of drug-likeness (QED) is 0.145. The van der Waals surface area contributed by atoms with Crippen LogP contribution in [0.1, 0.15) is 34.6 Å². The Balaban J connectivity index is 6.20. The Morgan fingerprint density at radius 1 is 0.839 bits per heavy atom. The van der Waals surface area contributed by atoms with E-state index in [1.165, 1.54) is 6.92 Å². The van der Waals surface area contributed by atoms with E-state index in [4.69, 9.17) is 24.0 Å². The number of aliphatic hydroxyl groups excluding tert-OH is 1. The van der Waals surface area contributed by atoms with Gasteiger partial charge in [-0.1, -0.05) is 6.92 Å². The van der Waals surface area contributed by atoms with E-state index in [1.807, 2.05) is 0 Å². The summed E-state index contributed by atoms with van der Waals surface area (Å²) in [6, 6.07) is 0. The van der Waals surface area contributed by atoms with Crippen LogP contribution in [-0.4, -0.2) is 76.2 Å². The molecule has 3 N–H and O–H groups in total. The normalized spacial score (nSPS) is 17.3. The molecule has 180 valence electrons. The lowest BCUT2D eigenvalue weighted by Crippen LogP contribution is -2.54. The average Bonchev–Trinajstić information content (AvgIpc) is 2.57. The van der Waals surface area contributed by atoms with E-state index in [0.29, 0.717) is 0 Å². The van der Waals surface area contributed by atoms with Gasteiger partial charge in [-0.3, -0.25) is 23.7 Å². The molecule has 0 spiro atoms. The van der Waals surface area contributed by atoms with Crippen LogP contribution in [0.15, 0.2) is 0 Å². The second-order valence-corrected chi connectivity index (χ2v) is 7.58. The summed E-state index contributed by atoms with van der Waals surface area (Å²) in [6.07, 6.45) is -10.5. The predicted octanol–water partition coefficient (Wildman–Crippen LogP) is -0.253. The first-order valence-electron chi connectivity index (χ1n) is 8.76. The number of aliphatic hydroxyl groups is 1. The van der Waals surface area contributed by atoms with Gasteiger partial charge in [-0.15, -0.1) is 0 Å². The number of ether oxygens (including phenoxy) is 4. The Bertz CT molecular complexity index is 693. The number of alkyl halides is 1. The van der Waals surface area contributed by atoms with Crippen LogP contribution in [0, 0.1) is 5.92 Å². The van der Waals surface area contributed by atoms with E-state index < -0.39 is 75.0 Å². The molecule has 0 aliphatic carbocycles. The molecular weight excluding hydrogens is 450 g/mol. The van der Waals surface area contributed by atoms with Gasteiger partial charge in [-0.25, -0.2) is 8.96 Å². The van der Waals surface area contributed by atoms with Crippen molar-refractivity contribution in [1.29, 1.82) is 0 Å². The van der Waals surface area contributed by atoms with E-state index in [1.54, 1.807) is 0 Å². The van der Waals surface area contributed by atoms with E-state index in [9.17, 15) is 33.2 Å². The Morgan fingerprint density at radius 2 is 1.26 bits per heavy atom. The van der Waals surface area contributed by atoms with Crippen molar-refractivity contribution in [3.8, 4) is 0 Å². The summed E-state index contributed by atoms with van der Waals surface area (Å²) in [5, 5.41) is 10.1. The Morgan fingerprint density at radius 3 is 1.65 bits per heavy atom. The molecule has 15 heteroatoms. The number of carbonyl (C=O) groups excluding carboxylic acids is 4. The summed E-state index contributed by atoms with van der Waals surface area (Å²) in [5.74, 6) is -5.38. The molecule has 31 heavy (non-hydrogen) atoms. The SMILES string of the molecule is CC(=O)OC[C@H](F)C(C)C(OC(C)=O)C(OC(C)=O)C(OC(C)=O)C(O)OP(=O)(O)O. The highest BCUT2D eigenvalue weighted by molar-refractivity contribution is 7.46. The van der Waals surface area contributed by atoms with Crippen LogP contribution in [0.2, 0.25) is 0 Å². The minimum Gasteiger partial charge on any atom is -0.463 e. The maximum Gasteiger partial charge on any atom is 0.472 e. The number of esters is 4. The first kappa shape index (κ1) is 28.9. The first-order valence-corrected chi connectivity index (χ1v) is 10.3. The van der Waals surface area contributed by atoms with Crippen LogP contribution < -0.4 is 0 Å². The van der Waals surface area contributed by atoms with E-state index >= 15 is 0 Å². The van der Waals surface area contributed by atoms with Gasteiger partial charge in [0, 0.05) is 33.6 Å². The molecule has 6 atom stereocenters. The monoisotopic (exact) mass is 476 g/mol. The third kappa shape index (κ3) is 11.7. The van der Waals surface area contributed by atoms with Crippen molar-refractivity contribution in [3.63, 3.8) is 0 Å². The molecule has 0 saturated carbocycles. The number of halogens is 1. The first-order chi connectivity index (χ1) is 14.0. The van der Waals surface area contributed by atoms with Crippen molar-refractivity contribution >= 4 is 31.7 Å². The van der Waals surface area contributed by atoms with Crippen molar-refractivity contribution in [2.75, 3.05) is 6.61 Å². The lowest BCUT2D eigenvalue weighted by atomic mass is 9.91. The van der Waals surface area contributed by atoms with Crippen LogP contribution in [-0.2, 0) is 47.2 Å². The number of rotatable bonds is 12. The molecule has 0 fully saturated rings. The van der Waals surface area contributed by atoms with Crippen molar-refractivity contribution in [3.05, 3.63) is 0 Å². The van der Waals surface area contributed by atoms with E-state index in [0.717, 1.165) is 27.7 Å². The Kier molecular flexibility index (Phi) is 11.8. The molecule has 0 bridgehead atoms. The van der Waals surface area contributed by atoms with Gasteiger partial charge < -0.3 is 33.8 Å². The summed E-state index contributed by atoms with van der Waals surface area (Å²) in [4.78, 5) is 63.4. The summed E-state index contributed by atoms with van der Waals surface area (Å²) >= 11 is 0. The van der Waals surface area contributed by atoms with Crippen LogP contribution in [0.25, 0.3) is 0 Å². The fourth-order valence-electron chi connectivity index (χ4n) is 2.41. The molecule has 0 amide bonds. The molecule has 13 nitrogen and oxygen atoms in total. The maximum absolute atomic E-state index is 14.6. The number of phosphoric acid groups is 1. The summed E-state index contributed by atoms with van der Waals surface area (Å²) in [7, 11) is -5.34. The molecule has 0 aliphatic rings. The smallest absolute Gasteiger partial charge is 0.463 e. The Hall–Kier alpha value is -2.12. The zero-order chi connectivity index (χ0) is 24.5. The predicted molar refractivity (Wildman–Crippen MR) is 96.5 cm³/mol. The highest BCUT2D eigenvalue weighted by Crippen LogP contribution is 2.39. The van der Waals surface area contributed by atoms with Gasteiger partial charge in [-0.2, -0.15) is 0 Å². The molecule has 0 aromatic carbocycles. The molecule has 0 saturated heterocycles. The van der Waals surface area contributed by atoms with Gasteiger partial charge in [0.1, 0.15) is 18.9 Å². The minimum atomic E-state index is -5.34. The van der Waals surface area contributed by atoms with Crippen molar-refractivity contribution in [2.45, 2.75) is 65.4 Å². The van der Waals surface area contributed by atoms with Gasteiger partial charge >= 0.3 is 31.7 Å². The number of hydrogen-bond acceptors (Lipinski definition) is 11.